The lowest BCUT2D eigenvalue weighted by molar-refractivity contribution is -0.146. The van der Waals surface area contributed by atoms with Gasteiger partial charge in [-0.3, -0.25) is 9.78 Å². The van der Waals surface area contributed by atoms with Gasteiger partial charge in [-0.15, -0.1) is 0 Å². The predicted molar refractivity (Wildman–Crippen MR) is 164 cm³/mol. The number of aromatic nitrogens is 3. The second-order valence-corrected chi connectivity index (χ2v) is 11.1. The van der Waals surface area contributed by atoms with E-state index >= 15 is 0 Å². The van der Waals surface area contributed by atoms with Crippen LogP contribution < -0.4 is 19.7 Å². The summed E-state index contributed by atoms with van der Waals surface area (Å²) < 4.78 is 12.1. The molecule has 0 radical (unpaired) electrons. The van der Waals surface area contributed by atoms with E-state index in [9.17, 15) is 9.90 Å². The minimum Gasteiger partial charge on any atom is -0.490 e. The number of anilines is 3. The van der Waals surface area contributed by atoms with Crippen LogP contribution in [0.5, 0.6) is 11.5 Å². The molecule has 218 valence electrons. The van der Waals surface area contributed by atoms with Crippen molar-refractivity contribution in [1.29, 1.82) is 0 Å². The lowest BCUT2D eigenvalue weighted by atomic mass is 9.85. The van der Waals surface area contributed by atoms with Gasteiger partial charge >= 0.3 is 5.97 Å². The Morgan fingerprint density at radius 3 is 2.60 bits per heavy atom. The van der Waals surface area contributed by atoms with E-state index in [0.717, 1.165) is 53.4 Å². The van der Waals surface area contributed by atoms with Crippen molar-refractivity contribution in [2.75, 3.05) is 29.9 Å². The first kappa shape index (κ1) is 28.9. The number of carboxylic acids is 1. The molecular formula is C33H37N5O4. The number of aliphatic carboxylic acids is 1. The summed E-state index contributed by atoms with van der Waals surface area (Å²) >= 11 is 0. The Morgan fingerprint density at radius 1 is 1.05 bits per heavy atom. The SMILES string of the molecule is CCOc1ccccc1OC1CCCN(c2cncc(Nc3cc(-c4ccc(CC(C)(C)C(=O)O)cc4)ccn3)n2)C1. The van der Waals surface area contributed by atoms with Crippen LogP contribution in [0.1, 0.15) is 39.2 Å². The molecule has 1 fully saturated rings. The minimum absolute atomic E-state index is 0.0127. The number of nitrogens with zero attached hydrogens (tertiary/aromatic N) is 4. The number of hydrogen-bond acceptors (Lipinski definition) is 8. The van der Waals surface area contributed by atoms with Gasteiger partial charge in [-0.2, -0.15) is 0 Å². The largest absolute Gasteiger partial charge is 0.490 e. The predicted octanol–water partition coefficient (Wildman–Crippen LogP) is 6.38. The summed E-state index contributed by atoms with van der Waals surface area (Å²) in [5, 5.41) is 12.7. The normalized spacial score (nSPS) is 15.2. The third-order valence-corrected chi connectivity index (χ3v) is 7.29. The Morgan fingerprint density at radius 2 is 1.83 bits per heavy atom. The monoisotopic (exact) mass is 567 g/mol. The molecule has 2 aromatic carbocycles. The number of piperidine rings is 1. The summed E-state index contributed by atoms with van der Waals surface area (Å²) in [7, 11) is 0. The van der Waals surface area contributed by atoms with E-state index in [2.05, 4.69) is 20.2 Å². The van der Waals surface area contributed by atoms with E-state index in [4.69, 9.17) is 14.5 Å². The Labute approximate surface area is 246 Å². The summed E-state index contributed by atoms with van der Waals surface area (Å²) in [6.07, 6.45) is 7.63. The lowest BCUT2D eigenvalue weighted by Crippen LogP contribution is -2.41. The summed E-state index contributed by atoms with van der Waals surface area (Å²) in [5.74, 6) is 2.76. The summed E-state index contributed by atoms with van der Waals surface area (Å²) in [6.45, 7) is 7.61. The standard InChI is InChI=1S/C33H37N5O4/c1-4-41-27-9-5-6-10-28(27)42-26-8-7-17-38(22-26)31-21-34-20-30(37-31)36-29-18-25(15-16-35-29)24-13-11-23(12-14-24)19-33(2,3)32(39)40/h5-6,9-16,18,20-21,26H,4,7-8,17,19,22H2,1-3H3,(H,39,40)(H,35,36,37). The van der Waals surface area contributed by atoms with Gasteiger partial charge in [-0.25, -0.2) is 9.97 Å². The first-order chi connectivity index (χ1) is 20.3. The van der Waals surface area contributed by atoms with E-state index in [1.165, 1.54) is 0 Å². The number of benzene rings is 2. The molecule has 2 N–H and O–H groups in total. The van der Waals surface area contributed by atoms with E-state index < -0.39 is 11.4 Å². The quantitative estimate of drug-likeness (QED) is 0.213. The highest BCUT2D eigenvalue weighted by Gasteiger charge is 2.27. The van der Waals surface area contributed by atoms with Crippen LogP contribution in [0.25, 0.3) is 11.1 Å². The van der Waals surface area contributed by atoms with Crippen LogP contribution in [-0.2, 0) is 11.2 Å². The van der Waals surface area contributed by atoms with Crippen molar-refractivity contribution in [2.45, 2.75) is 46.1 Å². The van der Waals surface area contributed by atoms with Crippen LogP contribution in [0.15, 0.2) is 79.3 Å². The van der Waals surface area contributed by atoms with E-state index in [-0.39, 0.29) is 6.10 Å². The number of ether oxygens (including phenoxy) is 2. The van der Waals surface area contributed by atoms with Gasteiger partial charge in [0, 0.05) is 12.7 Å². The van der Waals surface area contributed by atoms with Crippen molar-refractivity contribution in [3.63, 3.8) is 0 Å². The number of carboxylic acid groups (broad SMARTS) is 1. The van der Waals surface area contributed by atoms with Crippen LogP contribution in [-0.4, -0.2) is 51.8 Å². The van der Waals surface area contributed by atoms with Crippen LogP contribution in [0, 0.1) is 5.41 Å². The van der Waals surface area contributed by atoms with Crippen LogP contribution in [0.4, 0.5) is 17.5 Å². The van der Waals surface area contributed by atoms with Gasteiger partial charge in [0.05, 0.1) is 31.0 Å². The van der Waals surface area contributed by atoms with Gasteiger partial charge in [0.2, 0.25) is 0 Å². The van der Waals surface area contributed by atoms with E-state index in [1.807, 2.05) is 67.6 Å². The van der Waals surface area contributed by atoms with Gasteiger partial charge in [-0.05, 0) is 81.0 Å². The van der Waals surface area contributed by atoms with Gasteiger partial charge in [0.15, 0.2) is 17.3 Å². The smallest absolute Gasteiger partial charge is 0.309 e. The van der Waals surface area contributed by atoms with Crippen molar-refractivity contribution in [3.8, 4) is 22.6 Å². The average molecular weight is 568 g/mol. The number of pyridine rings is 1. The second kappa shape index (κ2) is 12.9. The highest BCUT2D eigenvalue weighted by Crippen LogP contribution is 2.30. The van der Waals surface area contributed by atoms with Crippen molar-refractivity contribution in [1.82, 2.24) is 15.0 Å². The van der Waals surface area contributed by atoms with Crippen LogP contribution >= 0.6 is 0 Å². The average Bonchev–Trinajstić information content (AvgIpc) is 2.99. The molecule has 5 rings (SSSR count). The van der Waals surface area contributed by atoms with Crippen LogP contribution in [0.3, 0.4) is 0 Å². The van der Waals surface area contributed by atoms with Gasteiger partial charge in [0.1, 0.15) is 17.7 Å². The Bertz CT molecular complexity index is 1510. The zero-order valence-corrected chi connectivity index (χ0v) is 24.3. The first-order valence-corrected chi connectivity index (χ1v) is 14.3. The Kier molecular flexibility index (Phi) is 8.85. The summed E-state index contributed by atoms with van der Waals surface area (Å²) in [4.78, 5) is 27.4. The second-order valence-electron chi connectivity index (χ2n) is 11.1. The molecule has 9 heteroatoms. The maximum absolute atomic E-state index is 11.5. The molecule has 3 heterocycles. The third kappa shape index (κ3) is 7.15. The van der Waals surface area contributed by atoms with Gasteiger partial charge in [-0.1, -0.05) is 36.4 Å². The molecule has 1 aliphatic rings. The fraction of sp³-hybridized carbons (Fsp3) is 0.333. The van der Waals surface area contributed by atoms with Crippen molar-refractivity contribution >= 4 is 23.4 Å². The molecule has 0 amide bonds. The molecule has 0 aliphatic carbocycles. The van der Waals surface area contributed by atoms with Crippen molar-refractivity contribution in [3.05, 3.63) is 84.8 Å². The molecule has 1 unspecified atom stereocenters. The molecular weight excluding hydrogens is 530 g/mol. The maximum atomic E-state index is 11.5. The molecule has 1 atom stereocenters. The fourth-order valence-electron chi connectivity index (χ4n) is 5.02. The molecule has 1 aliphatic heterocycles. The molecule has 0 saturated carbocycles. The van der Waals surface area contributed by atoms with Crippen molar-refractivity contribution in [2.24, 2.45) is 5.41 Å². The number of hydrogen-bond donors (Lipinski definition) is 2. The molecule has 9 nitrogen and oxygen atoms in total. The molecule has 1 saturated heterocycles. The van der Waals surface area contributed by atoms with Crippen molar-refractivity contribution < 1.29 is 19.4 Å². The number of carbonyl (C=O) groups is 1. The highest BCUT2D eigenvalue weighted by molar-refractivity contribution is 5.74. The van der Waals surface area contributed by atoms with Gasteiger partial charge < -0.3 is 24.8 Å². The highest BCUT2D eigenvalue weighted by atomic mass is 16.5. The van der Waals surface area contributed by atoms with E-state index in [0.29, 0.717) is 31.2 Å². The third-order valence-electron chi connectivity index (χ3n) is 7.29. The van der Waals surface area contributed by atoms with Crippen LogP contribution in [0.2, 0.25) is 0 Å². The fourth-order valence-corrected chi connectivity index (χ4v) is 5.02. The first-order valence-electron chi connectivity index (χ1n) is 14.3. The number of para-hydroxylation sites is 2. The Balaban J connectivity index is 1.25. The zero-order chi connectivity index (χ0) is 29.5. The Hall–Kier alpha value is -4.66. The molecule has 2 aromatic heterocycles. The number of rotatable bonds is 11. The maximum Gasteiger partial charge on any atom is 0.309 e. The van der Waals surface area contributed by atoms with E-state index in [1.54, 1.807) is 32.4 Å². The molecule has 42 heavy (non-hydrogen) atoms. The summed E-state index contributed by atoms with van der Waals surface area (Å²) in [5.41, 5.74) is 2.17. The molecule has 4 aromatic rings. The number of nitrogens with one attached hydrogen (secondary N) is 1. The summed E-state index contributed by atoms with van der Waals surface area (Å²) in [6, 6.07) is 19.7. The minimum atomic E-state index is -0.817. The molecule has 0 spiro atoms. The zero-order valence-electron chi connectivity index (χ0n) is 24.3. The lowest BCUT2D eigenvalue weighted by Gasteiger charge is -2.33. The molecule has 0 bridgehead atoms. The topological polar surface area (TPSA) is 110 Å². The van der Waals surface area contributed by atoms with Gasteiger partial charge in [0.25, 0.3) is 0 Å².